The van der Waals surface area contributed by atoms with E-state index in [0.717, 1.165) is 6.42 Å². The van der Waals surface area contributed by atoms with Gasteiger partial charge >= 0.3 is 6.18 Å². The molecule has 3 aliphatic heterocycles. The normalized spacial score (nSPS) is 30.1. The Hall–Kier alpha value is -0.780. The molecule has 3 fully saturated rings. The smallest absolute Gasteiger partial charge is 0.340 e. The van der Waals surface area contributed by atoms with E-state index in [1.807, 2.05) is 4.90 Å². The molecule has 0 radical (unpaired) electrons. The van der Waals surface area contributed by atoms with Crippen LogP contribution in [0.2, 0.25) is 0 Å². The molecular weight excluding hydrogens is 221 g/mol. The predicted octanol–water partition coefficient (Wildman–Crippen LogP) is 1.24. The van der Waals surface area contributed by atoms with Crippen molar-refractivity contribution in [1.29, 1.82) is 0 Å². The van der Waals surface area contributed by atoms with Crippen LogP contribution in [0.15, 0.2) is 0 Å². The number of halogens is 3. The molecule has 0 aromatic carbocycles. The molecular formula is C10H15F3N2O. The highest BCUT2D eigenvalue weighted by atomic mass is 19.4. The summed E-state index contributed by atoms with van der Waals surface area (Å²) in [6.07, 6.45) is -3.90. The van der Waals surface area contributed by atoms with Crippen molar-refractivity contribution in [1.82, 2.24) is 9.80 Å². The second-order valence-electron chi connectivity index (χ2n) is 4.57. The first-order chi connectivity index (χ1) is 7.37. The zero-order valence-corrected chi connectivity index (χ0v) is 9.13. The Bertz CT molecular complexity index is 280. The van der Waals surface area contributed by atoms with Gasteiger partial charge in [0.1, 0.15) is 0 Å². The molecule has 3 nitrogen and oxygen atoms in total. The van der Waals surface area contributed by atoms with E-state index in [-0.39, 0.29) is 24.5 Å². The van der Waals surface area contributed by atoms with Gasteiger partial charge in [0.2, 0.25) is 5.91 Å². The van der Waals surface area contributed by atoms with E-state index in [9.17, 15) is 18.0 Å². The van der Waals surface area contributed by atoms with Gasteiger partial charge in [0, 0.05) is 38.6 Å². The van der Waals surface area contributed by atoms with Gasteiger partial charge in [-0.15, -0.1) is 0 Å². The lowest BCUT2D eigenvalue weighted by atomic mass is 9.87. The Morgan fingerprint density at radius 2 is 1.88 bits per heavy atom. The average Bonchev–Trinajstić information content (AvgIpc) is 2.15. The molecule has 0 aliphatic carbocycles. The maximum atomic E-state index is 12.1. The SMILES string of the molecule is CC(=O)N1CC2CC(C1)N2CCC(F)(F)F. The molecule has 92 valence electrons. The molecule has 0 aromatic rings. The van der Waals surface area contributed by atoms with Gasteiger partial charge in [-0.25, -0.2) is 0 Å². The summed E-state index contributed by atoms with van der Waals surface area (Å²) in [6.45, 7) is 2.75. The van der Waals surface area contributed by atoms with Gasteiger partial charge in [0.15, 0.2) is 0 Å². The average molecular weight is 236 g/mol. The molecule has 3 aliphatic rings. The maximum absolute atomic E-state index is 12.1. The lowest BCUT2D eigenvalue weighted by Crippen LogP contribution is -2.69. The number of nitrogens with zero attached hydrogens (tertiary/aromatic N) is 2. The lowest BCUT2D eigenvalue weighted by Gasteiger charge is -2.56. The summed E-state index contributed by atoms with van der Waals surface area (Å²) in [5.41, 5.74) is 0. The van der Waals surface area contributed by atoms with Crippen LogP contribution in [-0.4, -0.2) is 53.6 Å². The minimum atomic E-state index is -4.08. The molecule has 6 heteroatoms. The van der Waals surface area contributed by atoms with Crippen LogP contribution in [0.25, 0.3) is 0 Å². The minimum Gasteiger partial charge on any atom is -0.340 e. The summed E-state index contributed by atoms with van der Waals surface area (Å²) >= 11 is 0. The van der Waals surface area contributed by atoms with Crippen molar-refractivity contribution in [2.75, 3.05) is 19.6 Å². The number of rotatable bonds is 2. The Morgan fingerprint density at radius 1 is 1.31 bits per heavy atom. The molecule has 3 rings (SSSR count). The van der Waals surface area contributed by atoms with Crippen molar-refractivity contribution in [3.8, 4) is 0 Å². The molecule has 2 bridgehead atoms. The van der Waals surface area contributed by atoms with E-state index in [1.54, 1.807) is 4.90 Å². The molecule has 0 N–H and O–H groups in total. The van der Waals surface area contributed by atoms with E-state index >= 15 is 0 Å². The largest absolute Gasteiger partial charge is 0.390 e. The Morgan fingerprint density at radius 3 is 2.31 bits per heavy atom. The second-order valence-corrected chi connectivity index (χ2v) is 4.57. The second kappa shape index (κ2) is 3.91. The summed E-state index contributed by atoms with van der Waals surface area (Å²) in [7, 11) is 0. The van der Waals surface area contributed by atoms with Crippen LogP contribution >= 0.6 is 0 Å². The van der Waals surface area contributed by atoms with E-state index in [4.69, 9.17) is 0 Å². The molecule has 1 amide bonds. The van der Waals surface area contributed by atoms with E-state index in [0.29, 0.717) is 13.1 Å². The van der Waals surface area contributed by atoms with Crippen molar-refractivity contribution < 1.29 is 18.0 Å². The van der Waals surface area contributed by atoms with Crippen LogP contribution in [-0.2, 0) is 4.79 Å². The van der Waals surface area contributed by atoms with Crippen LogP contribution < -0.4 is 0 Å². The molecule has 0 spiro atoms. The van der Waals surface area contributed by atoms with Crippen molar-refractivity contribution in [3.63, 3.8) is 0 Å². The van der Waals surface area contributed by atoms with Crippen molar-refractivity contribution in [3.05, 3.63) is 0 Å². The van der Waals surface area contributed by atoms with Crippen LogP contribution in [0, 0.1) is 0 Å². The van der Waals surface area contributed by atoms with Gasteiger partial charge in [-0.2, -0.15) is 13.2 Å². The third-order valence-corrected chi connectivity index (χ3v) is 3.44. The number of alkyl halides is 3. The van der Waals surface area contributed by atoms with Gasteiger partial charge in [-0.05, 0) is 6.42 Å². The third-order valence-electron chi connectivity index (χ3n) is 3.44. The van der Waals surface area contributed by atoms with Crippen LogP contribution in [0.3, 0.4) is 0 Å². The van der Waals surface area contributed by atoms with Crippen molar-refractivity contribution >= 4 is 5.91 Å². The van der Waals surface area contributed by atoms with Crippen molar-refractivity contribution in [2.45, 2.75) is 38.0 Å². The first-order valence-electron chi connectivity index (χ1n) is 5.45. The number of piperazine rings is 1. The lowest BCUT2D eigenvalue weighted by molar-refractivity contribution is -0.159. The highest BCUT2D eigenvalue weighted by Gasteiger charge is 2.46. The Balaban J connectivity index is 1.82. The summed E-state index contributed by atoms with van der Waals surface area (Å²) in [4.78, 5) is 14.7. The number of carbonyl (C=O) groups excluding carboxylic acids is 1. The van der Waals surface area contributed by atoms with E-state index in [1.165, 1.54) is 6.92 Å². The van der Waals surface area contributed by atoms with Gasteiger partial charge in [-0.3, -0.25) is 9.69 Å². The standard InChI is InChI=1S/C10H15F3N2O/c1-7(16)14-5-8-4-9(6-14)15(8)3-2-10(11,12)13/h8-9H,2-6H2,1H3. The van der Waals surface area contributed by atoms with Gasteiger partial charge < -0.3 is 4.90 Å². The highest BCUT2D eigenvalue weighted by Crippen LogP contribution is 2.33. The van der Waals surface area contributed by atoms with Crippen LogP contribution in [0.4, 0.5) is 13.2 Å². The number of hydrogen-bond donors (Lipinski definition) is 0. The minimum absolute atomic E-state index is 0.0187. The van der Waals surface area contributed by atoms with Crippen LogP contribution in [0.1, 0.15) is 19.8 Å². The summed E-state index contributed by atoms with van der Waals surface area (Å²) in [5, 5.41) is 0. The van der Waals surface area contributed by atoms with E-state index in [2.05, 4.69) is 0 Å². The molecule has 0 aromatic heterocycles. The molecule has 2 unspecified atom stereocenters. The molecule has 0 saturated carbocycles. The third kappa shape index (κ3) is 2.31. The van der Waals surface area contributed by atoms with Gasteiger partial charge in [0.25, 0.3) is 0 Å². The predicted molar refractivity (Wildman–Crippen MR) is 51.8 cm³/mol. The summed E-state index contributed by atoms with van der Waals surface area (Å²) in [6, 6.07) is 0.287. The zero-order valence-electron chi connectivity index (χ0n) is 9.13. The van der Waals surface area contributed by atoms with Crippen LogP contribution in [0.5, 0.6) is 0 Å². The van der Waals surface area contributed by atoms with Gasteiger partial charge in [-0.1, -0.05) is 0 Å². The van der Waals surface area contributed by atoms with E-state index < -0.39 is 12.6 Å². The topological polar surface area (TPSA) is 23.6 Å². The first kappa shape index (κ1) is 11.7. The molecule has 2 atom stereocenters. The molecule has 16 heavy (non-hydrogen) atoms. The fourth-order valence-electron chi connectivity index (χ4n) is 2.57. The molecule has 3 heterocycles. The fraction of sp³-hybridized carbons (Fsp3) is 0.900. The summed E-state index contributed by atoms with van der Waals surface area (Å²) in [5.74, 6) is 0.0187. The Kier molecular flexibility index (Phi) is 2.86. The Labute approximate surface area is 92.2 Å². The number of hydrogen-bond acceptors (Lipinski definition) is 2. The number of piperidine rings is 1. The quantitative estimate of drug-likeness (QED) is 0.720. The summed E-state index contributed by atoms with van der Waals surface area (Å²) < 4.78 is 36.2. The maximum Gasteiger partial charge on any atom is 0.390 e. The zero-order chi connectivity index (χ0) is 11.9. The number of carbonyl (C=O) groups is 1. The monoisotopic (exact) mass is 236 g/mol. The number of fused-ring (bicyclic) bond motifs is 2. The highest BCUT2D eigenvalue weighted by molar-refractivity contribution is 5.73. The van der Waals surface area contributed by atoms with Crippen molar-refractivity contribution in [2.24, 2.45) is 0 Å². The molecule has 3 saturated heterocycles. The number of amides is 1. The first-order valence-corrected chi connectivity index (χ1v) is 5.45. The van der Waals surface area contributed by atoms with Gasteiger partial charge in [0.05, 0.1) is 6.42 Å². The fourth-order valence-corrected chi connectivity index (χ4v) is 2.57.